The Balaban J connectivity index is 2.36. The molecule has 3 N–H and O–H groups in total. The second-order valence-corrected chi connectivity index (χ2v) is 4.81. The van der Waals surface area contributed by atoms with Crippen molar-refractivity contribution in [1.82, 2.24) is 0 Å². The molecule has 1 heterocycles. The highest BCUT2D eigenvalue weighted by atomic mass is 16.5. The van der Waals surface area contributed by atoms with Crippen molar-refractivity contribution in [2.75, 3.05) is 32.2 Å². The van der Waals surface area contributed by atoms with Gasteiger partial charge >= 0.3 is 0 Å². The van der Waals surface area contributed by atoms with E-state index in [9.17, 15) is 0 Å². The van der Waals surface area contributed by atoms with Crippen LogP contribution in [-0.4, -0.2) is 44.5 Å². The Morgan fingerprint density at radius 1 is 1.45 bits per heavy atom. The van der Waals surface area contributed by atoms with E-state index in [1.165, 1.54) is 0 Å². The smallest absolute Gasteiger partial charge is 0.172 e. The largest absolute Gasteiger partial charge is 0.497 e. The van der Waals surface area contributed by atoms with E-state index in [1.54, 1.807) is 26.4 Å². The van der Waals surface area contributed by atoms with Gasteiger partial charge in [0.05, 0.1) is 18.9 Å². The number of hydrogen-bond acceptors (Lipinski definition) is 5. The summed E-state index contributed by atoms with van der Waals surface area (Å²) in [4.78, 5) is 2.19. The first kappa shape index (κ1) is 14.5. The molecule has 1 unspecified atom stereocenters. The van der Waals surface area contributed by atoms with Crippen molar-refractivity contribution in [1.29, 1.82) is 0 Å². The lowest BCUT2D eigenvalue weighted by Crippen LogP contribution is -2.40. The Hall–Kier alpha value is -1.95. The minimum atomic E-state index is 0.0993. The maximum absolute atomic E-state index is 8.92. The molecule has 0 radical (unpaired) electrons. The summed E-state index contributed by atoms with van der Waals surface area (Å²) in [6.45, 7) is 1.70. The zero-order valence-electron chi connectivity index (χ0n) is 11.9. The fourth-order valence-electron chi connectivity index (χ4n) is 2.52. The highest BCUT2D eigenvalue weighted by Crippen LogP contribution is 2.29. The molecule has 0 spiro atoms. The lowest BCUT2D eigenvalue weighted by atomic mass is 10.0. The number of nitrogens with zero attached hydrogens (tertiary/aromatic N) is 2. The molecule has 1 aromatic carbocycles. The van der Waals surface area contributed by atoms with Gasteiger partial charge in [0.25, 0.3) is 0 Å². The van der Waals surface area contributed by atoms with Crippen molar-refractivity contribution in [2.45, 2.75) is 18.9 Å². The highest BCUT2D eigenvalue weighted by molar-refractivity contribution is 6.02. The molecular weight excluding hydrogens is 258 g/mol. The van der Waals surface area contributed by atoms with Gasteiger partial charge in [-0.15, -0.1) is 0 Å². The van der Waals surface area contributed by atoms with E-state index in [4.69, 9.17) is 20.4 Å². The van der Waals surface area contributed by atoms with Crippen molar-refractivity contribution in [3.63, 3.8) is 0 Å². The molecule has 0 aliphatic carbocycles. The number of benzene rings is 1. The summed E-state index contributed by atoms with van der Waals surface area (Å²) in [6, 6.07) is 5.51. The number of amidine groups is 1. The average Bonchev–Trinajstić information content (AvgIpc) is 2.53. The maximum Gasteiger partial charge on any atom is 0.172 e. The van der Waals surface area contributed by atoms with E-state index in [0.717, 1.165) is 37.4 Å². The third-order valence-corrected chi connectivity index (χ3v) is 3.64. The number of anilines is 1. The number of nitrogens with two attached hydrogens (primary N) is 1. The van der Waals surface area contributed by atoms with Crippen molar-refractivity contribution >= 4 is 11.5 Å². The van der Waals surface area contributed by atoms with E-state index in [2.05, 4.69) is 10.1 Å². The Morgan fingerprint density at radius 3 is 2.90 bits per heavy atom. The Kier molecular flexibility index (Phi) is 4.68. The minimum absolute atomic E-state index is 0.0993. The van der Waals surface area contributed by atoms with Crippen LogP contribution in [0, 0.1) is 0 Å². The molecule has 2 rings (SSSR count). The molecule has 1 aliphatic heterocycles. The first-order valence-electron chi connectivity index (χ1n) is 6.63. The molecule has 6 heteroatoms. The molecule has 1 fully saturated rings. The first-order chi connectivity index (χ1) is 9.69. The summed E-state index contributed by atoms with van der Waals surface area (Å²) in [7, 11) is 3.35. The van der Waals surface area contributed by atoms with Crippen LogP contribution in [0.4, 0.5) is 5.69 Å². The molecule has 1 saturated heterocycles. The number of piperidine rings is 1. The topological polar surface area (TPSA) is 80.3 Å². The van der Waals surface area contributed by atoms with Crippen LogP contribution >= 0.6 is 0 Å². The van der Waals surface area contributed by atoms with Crippen molar-refractivity contribution in [2.24, 2.45) is 10.9 Å². The van der Waals surface area contributed by atoms with Gasteiger partial charge in [0.15, 0.2) is 5.84 Å². The Labute approximate surface area is 118 Å². The van der Waals surface area contributed by atoms with Crippen LogP contribution in [0.2, 0.25) is 0 Å². The molecule has 1 atom stereocenters. The van der Waals surface area contributed by atoms with Crippen LogP contribution in [-0.2, 0) is 4.74 Å². The fraction of sp³-hybridized carbons (Fsp3) is 0.500. The van der Waals surface area contributed by atoms with Gasteiger partial charge in [0, 0.05) is 31.8 Å². The molecule has 0 bridgehead atoms. The molecule has 110 valence electrons. The van der Waals surface area contributed by atoms with Gasteiger partial charge in [-0.25, -0.2) is 0 Å². The maximum atomic E-state index is 8.92. The lowest BCUT2D eigenvalue weighted by Gasteiger charge is -2.34. The van der Waals surface area contributed by atoms with Gasteiger partial charge in [0.1, 0.15) is 5.75 Å². The normalized spacial score (nSPS) is 20.0. The van der Waals surface area contributed by atoms with E-state index >= 15 is 0 Å². The second kappa shape index (κ2) is 6.47. The van der Waals surface area contributed by atoms with Gasteiger partial charge in [-0.1, -0.05) is 5.16 Å². The molecule has 0 aromatic heterocycles. The molecular formula is C14H21N3O3. The van der Waals surface area contributed by atoms with Crippen molar-refractivity contribution in [3.8, 4) is 5.75 Å². The Morgan fingerprint density at radius 2 is 2.25 bits per heavy atom. The molecule has 1 aromatic rings. The summed E-state index contributed by atoms with van der Waals surface area (Å²) < 4.78 is 10.7. The number of ether oxygens (including phenoxy) is 2. The van der Waals surface area contributed by atoms with Gasteiger partial charge < -0.3 is 25.3 Å². The van der Waals surface area contributed by atoms with Crippen LogP contribution in [0.5, 0.6) is 5.75 Å². The van der Waals surface area contributed by atoms with Gasteiger partial charge in [-0.05, 0) is 25.0 Å². The number of hydrogen-bond donors (Lipinski definition) is 2. The average molecular weight is 279 g/mol. The van der Waals surface area contributed by atoms with Crippen molar-refractivity contribution in [3.05, 3.63) is 23.8 Å². The summed E-state index contributed by atoms with van der Waals surface area (Å²) >= 11 is 0. The molecule has 0 saturated carbocycles. The van der Waals surface area contributed by atoms with E-state index < -0.39 is 0 Å². The van der Waals surface area contributed by atoms with E-state index in [0.29, 0.717) is 5.56 Å². The molecule has 20 heavy (non-hydrogen) atoms. The van der Waals surface area contributed by atoms with Crippen LogP contribution in [0.15, 0.2) is 23.4 Å². The van der Waals surface area contributed by atoms with Gasteiger partial charge in [-0.3, -0.25) is 0 Å². The van der Waals surface area contributed by atoms with E-state index in [1.807, 2.05) is 6.07 Å². The van der Waals surface area contributed by atoms with Crippen molar-refractivity contribution < 1.29 is 14.7 Å². The standard InChI is InChI=1S/C14H21N3O3/c1-19-10-5-6-12(14(15)16-18)13(8-10)17-7-3-4-11(9-17)20-2/h5-6,8,11,18H,3-4,7,9H2,1-2H3,(H2,15,16). The van der Waals surface area contributed by atoms with Crippen LogP contribution in [0.3, 0.4) is 0 Å². The highest BCUT2D eigenvalue weighted by Gasteiger charge is 2.23. The molecule has 6 nitrogen and oxygen atoms in total. The second-order valence-electron chi connectivity index (χ2n) is 4.81. The zero-order valence-corrected chi connectivity index (χ0v) is 11.9. The summed E-state index contributed by atoms with van der Waals surface area (Å²) in [5, 5.41) is 12.0. The van der Waals surface area contributed by atoms with Crippen LogP contribution in [0.1, 0.15) is 18.4 Å². The SMILES string of the molecule is COc1ccc(/C(N)=N/O)c(N2CCCC(OC)C2)c1. The van der Waals surface area contributed by atoms with Gasteiger partial charge in [-0.2, -0.15) is 0 Å². The lowest BCUT2D eigenvalue weighted by molar-refractivity contribution is 0.0893. The molecule has 0 amide bonds. The summed E-state index contributed by atoms with van der Waals surface area (Å²) in [6.07, 6.45) is 2.30. The van der Waals surface area contributed by atoms with Gasteiger partial charge in [0.2, 0.25) is 0 Å². The third kappa shape index (κ3) is 2.96. The predicted molar refractivity (Wildman–Crippen MR) is 77.7 cm³/mol. The number of oxime groups is 1. The quantitative estimate of drug-likeness (QED) is 0.377. The fourth-order valence-corrected chi connectivity index (χ4v) is 2.52. The van der Waals surface area contributed by atoms with Crippen LogP contribution in [0.25, 0.3) is 0 Å². The van der Waals surface area contributed by atoms with E-state index in [-0.39, 0.29) is 11.9 Å². The predicted octanol–water partition coefficient (Wildman–Crippen LogP) is 1.40. The summed E-state index contributed by atoms with van der Waals surface area (Å²) in [5.41, 5.74) is 7.36. The minimum Gasteiger partial charge on any atom is -0.497 e. The number of methoxy groups -OCH3 is 2. The number of rotatable bonds is 4. The first-order valence-corrected chi connectivity index (χ1v) is 6.63. The van der Waals surface area contributed by atoms with Crippen LogP contribution < -0.4 is 15.4 Å². The monoisotopic (exact) mass is 279 g/mol. The molecule has 1 aliphatic rings. The summed E-state index contributed by atoms with van der Waals surface area (Å²) in [5.74, 6) is 0.844. The third-order valence-electron chi connectivity index (χ3n) is 3.64. The Bertz CT molecular complexity index is 491. The zero-order chi connectivity index (χ0) is 14.5.